The Bertz CT molecular complexity index is 323. The summed E-state index contributed by atoms with van der Waals surface area (Å²) in [5.41, 5.74) is -0.0499. The molecule has 19 heavy (non-hydrogen) atoms. The van der Waals surface area contributed by atoms with Crippen LogP contribution in [0.1, 0.15) is 40.5 Å². The third-order valence-corrected chi connectivity index (χ3v) is 3.27. The highest BCUT2D eigenvalue weighted by molar-refractivity contribution is 5.79. The Hall–Kier alpha value is -1.10. The zero-order valence-electron chi connectivity index (χ0n) is 12.7. The van der Waals surface area contributed by atoms with E-state index < -0.39 is 0 Å². The molecule has 0 saturated carbocycles. The molecule has 2 amide bonds. The number of amides is 2. The van der Waals surface area contributed by atoms with Crippen LogP contribution in [-0.2, 0) is 9.59 Å². The fourth-order valence-corrected chi connectivity index (χ4v) is 2.09. The average Bonchev–Trinajstić information content (AvgIpc) is 2.59. The van der Waals surface area contributed by atoms with Gasteiger partial charge in [0.1, 0.15) is 0 Å². The Balaban J connectivity index is 2.44. The summed E-state index contributed by atoms with van der Waals surface area (Å²) < 4.78 is 0. The van der Waals surface area contributed by atoms with Gasteiger partial charge in [0, 0.05) is 38.1 Å². The first-order valence-electron chi connectivity index (χ1n) is 7.14. The molecule has 0 spiro atoms. The largest absolute Gasteiger partial charge is 0.341 e. The normalized spacial score (nSPS) is 17.3. The molecule has 0 aromatic rings. The van der Waals surface area contributed by atoms with Crippen molar-refractivity contribution in [3.63, 3.8) is 0 Å². The molecular formula is C14H27N3O2. The summed E-state index contributed by atoms with van der Waals surface area (Å²) in [7, 11) is 0. The number of nitrogens with zero attached hydrogens (tertiary/aromatic N) is 2. The van der Waals surface area contributed by atoms with Gasteiger partial charge in [-0.2, -0.15) is 0 Å². The van der Waals surface area contributed by atoms with Crippen LogP contribution in [0.15, 0.2) is 0 Å². The maximum absolute atomic E-state index is 12.1. The van der Waals surface area contributed by atoms with Gasteiger partial charge < -0.3 is 15.1 Å². The van der Waals surface area contributed by atoms with Crippen LogP contribution in [-0.4, -0.2) is 59.9 Å². The van der Waals surface area contributed by atoms with E-state index in [9.17, 15) is 9.59 Å². The van der Waals surface area contributed by atoms with Crippen molar-refractivity contribution in [1.29, 1.82) is 0 Å². The van der Waals surface area contributed by atoms with Gasteiger partial charge in [0.25, 0.3) is 0 Å². The standard InChI is InChI=1S/C14H27N3O2/c1-5-12(18)16-7-6-8-17(10-9-16)13(19)11-15-14(2,3)4/h15H,5-11H2,1-4H3. The van der Waals surface area contributed by atoms with Crippen LogP contribution in [0.3, 0.4) is 0 Å². The predicted molar refractivity (Wildman–Crippen MR) is 75.8 cm³/mol. The van der Waals surface area contributed by atoms with Crippen LogP contribution >= 0.6 is 0 Å². The van der Waals surface area contributed by atoms with Crippen molar-refractivity contribution < 1.29 is 9.59 Å². The zero-order valence-corrected chi connectivity index (χ0v) is 12.7. The molecule has 0 bridgehead atoms. The van der Waals surface area contributed by atoms with Crippen molar-refractivity contribution in [2.75, 3.05) is 32.7 Å². The molecule has 0 radical (unpaired) electrons. The number of nitrogens with one attached hydrogen (secondary N) is 1. The lowest BCUT2D eigenvalue weighted by molar-refractivity contribution is -0.133. The summed E-state index contributed by atoms with van der Waals surface area (Å²) in [6.45, 7) is 11.2. The van der Waals surface area contributed by atoms with Gasteiger partial charge in [-0.05, 0) is 27.2 Å². The minimum atomic E-state index is -0.0499. The summed E-state index contributed by atoms with van der Waals surface area (Å²) in [5.74, 6) is 0.308. The quantitative estimate of drug-likeness (QED) is 0.826. The van der Waals surface area contributed by atoms with Crippen molar-refractivity contribution in [2.45, 2.75) is 46.1 Å². The minimum absolute atomic E-state index is 0.0499. The van der Waals surface area contributed by atoms with Crippen LogP contribution in [0.2, 0.25) is 0 Å². The summed E-state index contributed by atoms with van der Waals surface area (Å²) in [4.78, 5) is 27.5. The lowest BCUT2D eigenvalue weighted by Gasteiger charge is -2.25. The molecule has 110 valence electrons. The molecule has 0 aromatic heterocycles. The molecule has 1 rings (SSSR count). The van der Waals surface area contributed by atoms with Crippen molar-refractivity contribution in [3.8, 4) is 0 Å². The first-order valence-corrected chi connectivity index (χ1v) is 7.14. The first kappa shape index (κ1) is 16.0. The van der Waals surface area contributed by atoms with Gasteiger partial charge in [-0.1, -0.05) is 6.92 Å². The van der Waals surface area contributed by atoms with Crippen molar-refractivity contribution in [2.24, 2.45) is 0 Å². The molecule has 0 unspecified atom stereocenters. The molecule has 0 aliphatic carbocycles. The Labute approximate surface area is 116 Å². The van der Waals surface area contributed by atoms with E-state index in [2.05, 4.69) is 5.32 Å². The fraction of sp³-hybridized carbons (Fsp3) is 0.857. The van der Waals surface area contributed by atoms with Crippen LogP contribution in [0.4, 0.5) is 0 Å². The lowest BCUT2D eigenvalue weighted by Crippen LogP contribution is -2.46. The highest BCUT2D eigenvalue weighted by Crippen LogP contribution is 2.06. The number of carbonyl (C=O) groups excluding carboxylic acids is 2. The van der Waals surface area contributed by atoms with Gasteiger partial charge in [-0.15, -0.1) is 0 Å². The summed E-state index contributed by atoms with van der Waals surface area (Å²) in [5, 5.41) is 3.21. The second kappa shape index (κ2) is 6.89. The van der Waals surface area contributed by atoms with E-state index in [1.807, 2.05) is 37.5 Å². The van der Waals surface area contributed by atoms with Crippen LogP contribution in [0.5, 0.6) is 0 Å². The van der Waals surface area contributed by atoms with Crippen LogP contribution in [0.25, 0.3) is 0 Å². The Morgan fingerprint density at radius 1 is 1.00 bits per heavy atom. The highest BCUT2D eigenvalue weighted by Gasteiger charge is 2.21. The molecule has 1 heterocycles. The third-order valence-electron chi connectivity index (χ3n) is 3.27. The van der Waals surface area contributed by atoms with Gasteiger partial charge in [0.2, 0.25) is 11.8 Å². The topological polar surface area (TPSA) is 52.7 Å². The molecular weight excluding hydrogens is 242 g/mol. The zero-order chi connectivity index (χ0) is 14.5. The van der Waals surface area contributed by atoms with E-state index in [1.54, 1.807) is 0 Å². The van der Waals surface area contributed by atoms with E-state index in [1.165, 1.54) is 0 Å². The second-order valence-corrected chi connectivity index (χ2v) is 6.07. The van der Waals surface area contributed by atoms with E-state index >= 15 is 0 Å². The van der Waals surface area contributed by atoms with Crippen LogP contribution in [0, 0.1) is 0 Å². The Morgan fingerprint density at radius 3 is 2.00 bits per heavy atom. The minimum Gasteiger partial charge on any atom is -0.341 e. The summed E-state index contributed by atoms with van der Waals surface area (Å²) in [6, 6.07) is 0. The number of rotatable bonds is 3. The third kappa shape index (κ3) is 5.59. The van der Waals surface area contributed by atoms with Crippen molar-refractivity contribution in [3.05, 3.63) is 0 Å². The average molecular weight is 269 g/mol. The molecule has 5 heteroatoms. The molecule has 1 fully saturated rings. The second-order valence-electron chi connectivity index (χ2n) is 6.07. The maximum Gasteiger partial charge on any atom is 0.236 e. The molecule has 1 aliphatic rings. The summed E-state index contributed by atoms with van der Waals surface area (Å²) >= 11 is 0. The Morgan fingerprint density at radius 2 is 1.53 bits per heavy atom. The van der Waals surface area contributed by atoms with E-state index in [-0.39, 0.29) is 17.4 Å². The van der Waals surface area contributed by atoms with Gasteiger partial charge in [0.15, 0.2) is 0 Å². The van der Waals surface area contributed by atoms with E-state index in [4.69, 9.17) is 0 Å². The fourth-order valence-electron chi connectivity index (χ4n) is 2.09. The molecule has 1 saturated heterocycles. The van der Waals surface area contributed by atoms with Gasteiger partial charge in [0.05, 0.1) is 6.54 Å². The molecule has 1 N–H and O–H groups in total. The Kier molecular flexibility index (Phi) is 5.79. The molecule has 5 nitrogen and oxygen atoms in total. The SMILES string of the molecule is CCC(=O)N1CCCN(C(=O)CNC(C)(C)C)CC1. The smallest absolute Gasteiger partial charge is 0.236 e. The predicted octanol–water partition coefficient (Wildman–Crippen LogP) is 0.845. The van der Waals surface area contributed by atoms with Gasteiger partial charge in [-0.3, -0.25) is 9.59 Å². The summed E-state index contributed by atoms with van der Waals surface area (Å²) in [6.07, 6.45) is 1.41. The lowest BCUT2D eigenvalue weighted by atomic mass is 10.1. The monoisotopic (exact) mass is 269 g/mol. The van der Waals surface area contributed by atoms with Gasteiger partial charge >= 0.3 is 0 Å². The van der Waals surface area contributed by atoms with Crippen molar-refractivity contribution in [1.82, 2.24) is 15.1 Å². The number of carbonyl (C=O) groups is 2. The number of hydrogen-bond acceptors (Lipinski definition) is 3. The number of hydrogen-bond donors (Lipinski definition) is 1. The first-order chi connectivity index (χ1) is 8.83. The molecule has 0 atom stereocenters. The highest BCUT2D eigenvalue weighted by atomic mass is 16.2. The van der Waals surface area contributed by atoms with E-state index in [0.29, 0.717) is 26.1 Å². The maximum atomic E-state index is 12.1. The van der Waals surface area contributed by atoms with Crippen LogP contribution < -0.4 is 5.32 Å². The molecule has 1 aliphatic heterocycles. The molecule has 0 aromatic carbocycles. The van der Waals surface area contributed by atoms with Crippen molar-refractivity contribution >= 4 is 11.8 Å². The van der Waals surface area contributed by atoms with E-state index in [0.717, 1.165) is 19.5 Å². The van der Waals surface area contributed by atoms with Gasteiger partial charge in [-0.25, -0.2) is 0 Å².